The van der Waals surface area contributed by atoms with Gasteiger partial charge in [0.05, 0.1) is 19.8 Å². The highest BCUT2D eigenvalue weighted by Gasteiger charge is 2.31. The van der Waals surface area contributed by atoms with Crippen LogP contribution >= 0.6 is 7.82 Å². The van der Waals surface area contributed by atoms with Crippen LogP contribution in [0.15, 0.2) is 24.3 Å². The largest absolute Gasteiger partial charge is 0.573 e. The molecule has 5 nitrogen and oxygen atoms in total. The lowest BCUT2D eigenvalue weighted by atomic mass is 10.2. The fourth-order valence-corrected chi connectivity index (χ4v) is 2.53. The summed E-state index contributed by atoms with van der Waals surface area (Å²) in [6.07, 6.45) is -4.74. The van der Waals surface area contributed by atoms with Crippen molar-refractivity contribution in [1.29, 1.82) is 0 Å². The fourth-order valence-electron chi connectivity index (χ4n) is 1.37. The summed E-state index contributed by atoms with van der Waals surface area (Å²) in [6.45, 7) is 3.45. The highest BCUT2D eigenvalue weighted by Crippen LogP contribution is 2.49. The first-order valence-corrected chi connectivity index (χ1v) is 7.62. The first kappa shape index (κ1) is 18.0. The molecule has 1 rings (SSSR count). The lowest BCUT2D eigenvalue weighted by Crippen LogP contribution is -2.17. The highest BCUT2D eigenvalue weighted by molar-refractivity contribution is 7.48. The maximum absolute atomic E-state index is 12.0. The Morgan fingerprint density at radius 2 is 1.52 bits per heavy atom. The van der Waals surface area contributed by atoms with E-state index in [1.54, 1.807) is 13.8 Å². The zero-order valence-corrected chi connectivity index (χ0v) is 12.4. The molecule has 0 fully saturated rings. The molecule has 1 aromatic carbocycles. The van der Waals surface area contributed by atoms with Gasteiger partial charge in [0.15, 0.2) is 0 Å². The third-order valence-corrected chi connectivity index (χ3v) is 3.71. The van der Waals surface area contributed by atoms with Crippen molar-refractivity contribution in [2.24, 2.45) is 0 Å². The smallest absolute Gasteiger partial charge is 0.406 e. The Labute approximate surface area is 120 Å². The molecular weight excluding hydrogens is 312 g/mol. The van der Waals surface area contributed by atoms with Gasteiger partial charge in [-0.2, -0.15) is 0 Å². The molecule has 0 N–H and O–H groups in total. The Morgan fingerprint density at radius 1 is 1.00 bits per heavy atom. The Bertz CT molecular complexity index is 465. The highest BCUT2D eigenvalue weighted by atomic mass is 31.2. The van der Waals surface area contributed by atoms with Crippen molar-refractivity contribution in [3.05, 3.63) is 29.8 Å². The van der Waals surface area contributed by atoms with Crippen molar-refractivity contribution in [2.45, 2.75) is 26.8 Å². The molecule has 0 saturated heterocycles. The van der Waals surface area contributed by atoms with Gasteiger partial charge in [-0.25, -0.2) is 4.57 Å². The predicted octanol–water partition coefficient (Wildman–Crippen LogP) is 4.28. The zero-order chi connectivity index (χ0) is 15.9. The SMILES string of the molecule is CCOP(=O)(OCC)OCc1ccc(OC(F)(F)F)cc1. The molecule has 0 aliphatic rings. The molecule has 1 aromatic rings. The van der Waals surface area contributed by atoms with E-state index in [1.165, 1.54) is 12.1 Å². The number of halogens is 3. The fraction of sp³-hybridized carbons (Fsp3) is 0.500. The molecule has 9 heteroatoms. The van der Waals surface area contributed by atoms with Gasteiger partial charge in [0.25, 0.3) is 0 Å². The van der Waals surface area contributed by atoms with E-state index in [4.69, 9.17) is 13.6 Å². The van der Waals surface area contributed by atoms with Crippen LogP contribution in [0.4, 0.5) is 13.2 Å². The van der Waals surface area contributed by atoms with Gasteiger partial charge in [-0.05, 0) is 31.5 Å². The van der Waals surface area contributed by atoms with Crippen molar-refractivity contribution in [2.75, 3.05) is 13.2 Å². The second-order valence-electron chi connectivity index (χ2n) is 3.75. The van der Waals surface area contributed by atoms with Crippen LogP contribution < -0.4 is 4.74 Å². The molecule has 0 heterocycles. The van der Waals surface area contributed by atoms with Crippen molar-refractivity contribution in [1.82, 2.24) is 0 Å². The Hall–Kier alpha value is -1.08. The van der Waals surface area contributed by atoms with E-state index >= 15 is 0 Å². The summed E-state index contributed by atoms with van der Waals surface area (Å²) in [5.41, 5.74) is 0.504. The first-order valence-electron chi connectivity index (χ1n) is 6.16. The van der Waals surface area contributed by atoms with E-state index < -0.39 is 14.2 Å². The van der Waals surface area contributed by atoms with Gasteiger partial charge in [-0.15, -0.1) is 13.2 Å². The van der Waals surface area contributed by atoms with Crippen molar-refractivity contribution >= 4 is 7.82 Å². The van der Waals surface area contributed by atoms with Crippen molar-refractivity contribution in [3.8, 4) is 5.75 Å². The van der Waals surface area contributed by atoms with Crippen LogP contribution in [0.3, 0.4) is 0 Å². The lowest BCUT2D eigenvalue weighted by molar-refractivity contribution is -0.274. The second kappa shape index (κ2) is 7.79. The number of ether oxygens (including phenoxy) is 1. The minimum atomic E-state index is -4.74. The summed E-state index contributed by atoms with van der Waals surface area (Å²) in [5.74, 6) is -0.343. The summed E-state index contributed by atoms with van der Waals surface area (Å²) in [6, 6.07) is 5.00. The van der Waals surface area contributed by atoms with Gasteiger partial charge in [0.2, 0.25) is 0 Å². The monoisotopic (exact) mass is 328 g/mol. The summed E-state index contributed by atoms with van der Waals surface area (Å²) >= 11 is 0. The van der Waals surface area contributed by atoms with E-state index in [1.807, 2.05) is 0 Å². The Kier molecular flexibility index (Phi) is 6.67. The van der Waals surface area contributed by atoms with Crippen LogP contribution in [0.25, 0.3) is 0 Å². The molecular formula is C12H16F3O5P. The summed E-state index contributed by atoms with van der Waals surface area (Å²) in [7, 11) is -3.64. The van der Waals surface area contributed by atoms with Gasteiger partial charge in [0.1, 0.15) is 5.75 Å². The van der Waals surface area contributed by atoms with E-state index in [0.29, 0.717) is 5.56 Å². The van der Waals surface area contributed by atoms with Crippen molar-refractivity contribution < 1.29 is 36.0 Å². The first-order chi connectivity index (χ1) is 9.78. The normalized spacial score (nSPS) is 12.4. The van der Waals surface area contributed by atoms with Gasteiger partial charge in [-0.1, -0.05) is 12.1 Å². The van der Waals surface area contributed by atoms with Gasteiger partial charge in [0, 0.05) is 0 Å². The van der Waals surface area contributed by atoms with E-state index in [0.717, 1.165) is 12.1 Å². The second-order valence-corrected chi connectivity index (χ2v) is 5.42. The molecule has 0 radical (unpaired) electrons. The molecule has 120 valence electrons. The van der Waals surface area contributed by atoms with Gasteiger partial charge < -0.3 is 4.74 Å². The van der Waals surface area contributed by atoms with Crippen LogP contribution in [0.1, 0.15) is 19.4 Å². The minimum Gasteiger partial charge on any atom is -0.406 e. The molecule has 21 heavy (non-hydrogen) atoms. The van der Waals surface area contributed by atoms with Crippen LogP contribution in [0.2, 0.25) is 0 Å². The number of benzene rings is 1. The van der Waals surface area contributed by atoms with Crippen LogP contribution in [-0.2, 0) is 24.7 Å². The molecule has 0 spiro atoms. The Morgan fingerprint density at radius 3 is 1.95 bits per heavy atom. The molecule has 0 atom stereocenters. The maximum atomic E-state index is 12.0. The average molecular weight is 328 g/mol. The number of hydrogen-bond donors (Lipinski definition) is 0. The summed E-state index contributed by atoms with van der Waals surface area (Å²) in [5, 5.41) is 0. The lowest BCUT2D eigenvalue weighted by Gasteiger charge is -2.16. The number of alkyl halides is 3. The average Bonchev–Trinajstić information content (AvgIpc) is 2.37. The van der Waals surface area contributed by atoms with Crippen LogP contribution in [0, 0.1) is 0 Å². The molecule has 0 unspecified atom stereocenters. The minimum absolute atomic E-state index is 0.121. The summed E-state index contributed by atoms with van der Waals surface area (Å²) in [4.78, 5) is 0. The van der Waals surface area contributed by atoms with Crippen molar-refractivity contribution in [3.63, 3.8) is 0 Å². The molecule has 0 amide bonds. The van der Waals surface area contributed by atoms with Crippen LogP contribution in [-0.4, -0.2) is 19.6 Å². The number of phosphoric ester groups is 1. The Balaban J connectivity index is 2.61. The summed E-state index contributed by atoms with van der Waals surface area (Å²) < 4.78 is 66.7. The van der Waals surface area contributed by atoms with E-state index in [-0.39, 0.29) is 25.6 Å². The van der Waals surface area contributed by atoms with Gasteiger partial charge in [-0.3, -0.25) is 13.6 Å². The number of rotatable bonds is 8. The topological polar surface area (TPSA) is 54.0 Å². The third-order valence-electron chi connectivity index (χ3n) is 2.12. The predicted molar refractivity (Wildman–Crippen MR) is 68.8 cm³/mol. The number of phosphoric acid groups is 1. The standard InChI is InChI=1S/C12H16F3O5P/c1-3-17-21(16,18-4-2)19-9-10-5-7-11(8-6-10)20-12(13,14)15/h5-8H,3-4,9H2,1-2H3. The van der Waals surface area contributed by atoms with E-state index in [2.05, 4.69) is 4.74 Å². The van der Waals surface area contributed by atoms with E-state index in [9.17, 15) is 17.7 Å². The quantitative estimate of drug-likeness (QED) is 0.667. The van der Waals surface area contributed by atoms with Gasteiger partial charge >= 0.3 is 14.2 Å². The van der Waals surface area contributed by atoms with Crippen LogP contribution in [0.5, 0.6) is 5.75 Å². The molecule has 0 aromatic heterocycles. The molecule has 0 aliphatic heterocycles. The zero-order valence-electron chi connectivity index (χ0n) is 11.6. The molecule has 0 bridgehead atoms. The third kappa shape index (κ3) is 6.95. The molecule has 0 saturated carbocycles. The maximum Gasteiger partial charge on any atom is 0.573 e. The molecule has 0 aliphatic carbocycles. The number of hydrogen-bond acceptors (Lipinski definition) is 5.